The van der Waals surface area contributed by atoms with Crippen molar-refractivity contribution in [3.63, 3.8) is 0 Å². The summed E-state index contributed by atoms with van der Waals surface area (Å²) >= 11 is 0. The molecular weight excluding hydrogens is 270 g/mol. The number of carbonyl (C=O) groups is 2. The van der Waals surface area contributed by atoms with Crippen LogP contribution >= 0.6 is 0 Å². The minimum Gasteiger partial charge on any atom is -0.392 e. The van der Waals surface area contributed by atoms with Gasteiger partial charge in [-0.3, -0.25) is 9.59 Å². The number of hydrogen-bond donors (Lipinski definition) is 2. The topological polar surface area (TPSA) is 72.9 Å². The Balaban J connectivity index is 1.82. The van der Waals surface area contributed by atoms with E-state index >= 15 is 0 Å². The molecule has 1 saturated carbocycles. The molecule has 2 amide bonds. The van der Waals surface area contributed by atoms with Gasteiger partial charge in [-0.2, -0.15) is 0 Å². The average molecular weight is 297 g/mol. The van der Waals surface area contributed by atoms with Crippen molar-refractivity contribution in [2.45, 2.75) is 56.7 Å². The lowest BCUT2D eigenvalue weighted by Gasteiger charge is -2.32. The van der Waals surface area contributed by atoms with Gasteiger partial charge in [-0.05, 0) is 19.3 Å². The van der Waals surface area contributed by atoms with Crippen LogP contribution in [0.25, 0.3) is 0 Å². The normalized spacial score (nSPS) is 26.6. The molecule has 2 atom stereocenters. The molecule has 1 heterocycles. The van der Waals surface area contributed by atoms with Crippen LogP contribution in [0.15, 0.2) is 0 Å². The summed E-state index contributed by atoms with van der Waals surface area (Å²) < 4.78 is 0. The Labute approximate surface area is 126 Å². The van der Waals surface area contributed by atoms with E-state index in [1.165, 1.54) is 24.2 Å². The first-order valence-corrected chi connectivity index (χ1v) is 7.91. The van der Waals surface area contributed by atoms with Crippen LogP contribution in [0.4, 0.5) is 0 Å². The number of carbonyl (C=O) groups excluding carboxylic acids is 2. The fraction of sp³-hybridized carbons (Fsp3) is 0.867. The summed E-state index contributed by atoms with van der Waals surface area (Å²) in [5, 5.41) is 12.4. The highest BCUT2D eigenvalue weighted by molar-refractivity contribution is 5.87. The van der Waals surface area contributed by atoms with Gasteiger partial charge in [0.2, 0.25) is 11.8 Å². The zero-order valence-electron chi connectivity index (χ0n) is 13.0. The van der Waals surface area contributed by atoms with E-state index in [1.807, 2.05) is 7.05 Å². The van der Waals surface area contributed by atoms with E-state index in [0.717, 1.165) is 12.8 Å². The smallest absolute Gasteiger partial charge is 0.242 e. The van der Waals surface area contributed by atoms with Gasteiger partial charge in [0.1, 0.15) is 0 Å². The van der Waals surface area contributed by atoms with Crippen LogP contribution in [-0.4, -0.2) is 72.1 Å². The third-order valence-electron chi connectivity index (χ3n) is 4.67. The Morgan fingerprint density at radius 3 is 2.43 bits per heavy atom. The first-order valence-electron chi connectivity index (χ1n) is 7.91. The van der Waals surface area contributed by atoms with Gasteiger partial charge in [0.05, 0.1) is 18.7 Å². The maximum Gasteiger partial charge on any atom is 0.242 e. The van der Waals surface area contributed by atoms with Gasteiger partial charge in [0.25, 0.3) is 0 Å². The summed E-state index contributed by atoms with van der Waals surface area (Å²) in [4.78, 5) is 27.8. The second-order valence-electron chi connectivity index (χ2n) is 6.34. The summed E-state index contributed by atoms with van der Waals surface area (Å²) in [6, 6.07) is -0.0426. The third kappa shape index (κ3) is 4.17. The Kier molecular flexibility index (Phi) is 5.58. The molecule has 2 rings (SSSR count). The molecule has 1 aliphatic heterocycles. The number of β-amino-alcohol motifs (C(OH)–C–C–N with tert-alkyl or cyclic N) is 1. The highest BCUT2D eigenvalue weighted by atomic mass is 16.3. The number of amides is 2. The van der Waals surface area contributed by atoms with E-state index in [4.69, 9.17) is 0 Å². The van der Waals surface area contributed by atoms with E-state index in [9.17, 15) is 14.7 Å². The fourth-order valence-corrected chi connectivity index (χ4v) is 3.24. The summed E-state index contributed by atoms with van der Waals surface area (Å²) in [5.74, 6) is -0.117. The molecule has 0 aromatic heterocycles. The van der Waals surface area contributed by atoms with E-state index < -0.39 is 6.10 Å². The number of nitrogens with zero attached hydrogens (tertiary/aromatic N) is 2. The molecule has 2 unspecified atom stereocenters. The zero-order valence-corrected chi connectivity index (χ0v) is 13.0. The molecule has 6 nitrogen and oxygen atoms in total. The van der Waals surface area contributed by atoms with Crippen molar-refractivity contribution in [1.82, 2.24) is 15.1 Å². The Morgan fingerprint density at radius 1 is 1.19 bits per heavy atom. The van der Waals surface area contributed by atoms with Crippen molar-refractivity contribution in [2.24, 2.45) is 0 Å². The van der Waals surface area contributed by atoms with Crippen molar-refractivity contribution in [2.75, 3.05) is 27.2 Å². The maximum absolute atomic E-state index is 12.3. The van der Waals surface area contributed by atoms with Crippen LogP contribution in [0.5, 0.6) is 0 Å². The van der Waals surface area contributed by atoms with Crippen molar-refractivity contribution in [1.29, 1.82) is 0 Å². The molecule has 0 spiro atoms. The third-order valence-corrected chi connectivity index (χ3v) is 4.67. The van der Waals surface area contributed by atoms with Gasteiger partial charge >= 0.3 is 0 Å². The number of nitrogens with one attached hydrogen (secondary N) is 1. The van der Waals surface area contributed by atoms with Crippen LogP contribution in [0.3, 0.4) is 0 Å². The monoisotopic (exact) mass is 297 g/mol. The molecule has 2 fully saturated rings. The Hall–Kier alpha value is -1.14. The molecule has 1 saturated heterocycles. The molecule has 0 aromatic carbocycles. The van der Waals surface area contributed by atoms with E-state index in [-0.39, 0.29) is 24.4 Å². The van der Waals surface area contributed by atoms with Gasteiger partial charge in [0.15, 0.2) is 0 Å². The van der Waals surface area contributed by atoms with Gasteiger partial charge in [0, 0.05) is 26.7 Å². The Morgan fingerprint density at radius 2 is 1.86 bits per heavy atom. The zero-order chi connectivity index (χ0) is 15.4. The summed E-state index contributed by atoms with van der Waals surface area (Å²) in [6.07, 6.45) is 5.71. The maximum atomic E-state index is 12.3. The van der Waals surface area contributed by atoms with Gasteiger partial charge < -0.3 is 20.2 Å². The molecule has 1 aliphatic carbocycles. The highest BCUT2D eigenvalue weighted by Gasteiger charge is 2.31. The van der Waals surface area contributed by atoms with Gasteiger partial charge in [-0.25, -0.2) is 0 Å². The fourth-order valence-electron chi connectivity index (χ4n) is 3.24. The van der Waals surface area contributed by atoms with Crippen LogP contribution in [0, 0.1) is 0 Å². The minimum atomic E-state index is -0.465. The molecule has 0 radical (unpaired) electrons. The molecule has 6 heteroatoms. The average Bonchev–Trinajstić information content (AvgIpc) is 2.93. The standard InChI is InChI=1S/C15H27N3O3/c1-17(15(21)13-8-12(19)9-16-13)10-14(20)18(2)11-6-4-3-5-7-11/h11-13,16,19H,3-10H2,1-2H3. The molecule has 2 N–H and O–H groups in total. The SMILES string of the molecule is CN(CC(=O)N(C)C1CCCCC1)C(=O)C1CC(O)CN1. The van der Waals surface area contributed by atoms with Crippen molar-refractivity contribution in [3.05, 3.63) is 0 Å². The largest absolute Gasteiger partial charge is 0.392 e. The number of aliphatic hydroxyl groups is 1. The quantitative estimate of drug-likeness (QED) is 0.764. The number of hydrogen-bond acceptors (Lipinski definition) is 4. The first kappa shape index (κ1) is 16.2. The molecule has 0 bridgehead atoms. The van der Waals surface area contributed by atoms with Crippen LogP contribution in [0.2, 0.25) is 0 Å². The van der Waals surface area contributed by atoms with Crippen molar-refractivity contribution in [3.8, 4) is 0 Å². The highest BCUT2D eigenvalue weighted by Crippen LogP contribution is 2.21. The van der Waals surface area contributed by atoms with Gasteiger partial charge in [-0.1, -0.05) is 19.3 Å². The molecule has 120 valence electrons. The number of rotatable bonds is 4. The molecule has 2 aliphatic rings. The van der Waals surface area contributed by atoms with Crippen molar-refractivity contribution < 1.29 is 14.7 Å². The van der Waals surface area contributed by atoms with Crippen LogP contribution in [0.1, 0.15) is 38.5 Å². The predicted octanol–water partition coefficient (Wildman–Crippen LogP) is -0.0413. The second kappa shape index (κ2) is 7.22. The Bertz CT molecular complexity index is 382. The lowest BCUT2D eigenvalue weighted by Crippen LogP contribution is -2.48. The summed E-state index contributed by atoms with van der Waals surface area (Å²) in [6.45, 7) is 0.556. The lowest BCUT2D eigenvalue weighted by atomic mass is 9.94. The van der Waals surface area contributed by atoms with Crippen LogP contribution < -0.4 is 5.32 Å². The molecule has 21 heavy (non-hydrogen) atoms. The van der Waals surface area contributed by atoms with E-state index in [1.54, 1.807) is 11.9 Å². The van der Waals surface area contributed by atoms with Crippen LogP contribution in [-0.2, 0) is 9.59 Å². The van der Waals surface area contributed by atoms with Gasteiger partial charge in [-0.15, -0.1) is 0 Å². The summed E-state index contributed by atoms with van der Waals surface area (Å²) in [7, 11) is 3.50. The predicted molar refractivity (Wildman–Crippen MR) is 79.7 cm³/mol. The molecular formula is C15H27N3O3. The first-order chi connectivity index (χ1) is 9.99. The second-order valence-corrected chi connectivity index (χ2v) is 6.34. The van der Waals surface area contributed by atoms with E-state index in [0.29, 0.717) is 19.0 Å². The van der Waals surface area contributed by atoms with E-state index in [2.05, 4.69) is 5.32 Å². The number of aliphatic hydroxyl groups excluding tert-OH is 1. The summed E-state index contributed by atoms with van der Waals surface area (Å²) in [5.41, 5.74) is 0. The van der Waals surface area contributed by atoms with Crippen molar-refractivity contribution >= 4 is 11.8 Å². The lowest BCUT2D eigenvalue weighted by molar-refractivity contribution is -0.141. The minimum absolute atomic E-state index is 0.00343. The molecule has 0 aromatic rings. The number of likely N-dealkylation sites (N-methyl/N-ethyl adjacent to an activating group) is 2.